The lowest BCUT2D eigenvalue weighted by molar-refractivity contribution is 0.850. The molecule has 2 heteroatoms. The fourth-order valence-corrected chi connectivity index (χ4v) is 2.24. The second-order valence-electron chi connectivity index (χ2n) is 5.06. The van der Waals surface area contributed by atoms with Crippen LogP contribution in [0.25, 0.3) is 11.1 Å². The van der Waals surface area contributed by atoms with Crippen molar-refractivity contribution in [2.45, 2.75) is 27.7 Å². The lowest BCUT2D eigenvalue weighted by Gasteiger charge is -2.11. The molecule has 0 atom stereocenters. The van der Waals surface area contributed by atoms with Crippen LogP contribution in [0.3, 0.4) is 0 Å². The van der Waals surface area contributed by atoms with Crippen LogP contribution in [0.2, 0.25) is 0 Å². The van der Waals surface area contributed by atoms with Gasteiger partial charge in [-0.2, -0.15) is 0 Å². The molecule has 1 heterocycles. The summed E-state index contributed by atoms with van der Waals surface area (Å²) in [4.78, 5) is 11.7. The topological polar surface area (TPSA) is 22.0 Å². The first-order valence-corrected chi connectivity index (χ1v) is 6.15. The third kappa shape index (κ3) is 2.10. The third-order valence-electron chi connectivity index (χ3n) is 3.62. The molecule has 0 N–H and O–H groups in total. The molecule has 0 bridgehead atoms. The van der Waals surface area contributed by atoms with E-state index in [1.54, 1.807) is 11.6 Å². The summed E-state index contributed by atoms with van der Waals surface area (Å²) < 4.78 is 1.65. The van der Waals surface area contributed by atoms with Crippen LogP contribution in [0, 0.1) is 27.7 Å². The molecule has 2 rings (SSSR count). The number of aromatic nitrogens is 1. The van der Waals surface area contributed by atoms with Crippen LogP contribution in [-0.4, -0.2) is 4.57 Å². The molecular formula is C16H19NO. The first-order valence-electron chi connectivity index (χ1n) is 6.15. The first-order chi connectivity index (χ1) is 8.40. The zero-order valence-electron chi connectivity index (χ0n) is 11.7. The quantitative estimate of drug-likeness (QED) is 0.751. The van der Waals surface area contributed by atoms with Gasteiger partial charge in [0.25, 0.3) is 5.56 Å². The van der Waals surface area contributed by atoms with Crippen molar-refractivity contribution >= 4 is 0 Å². The summed E-state index contributed by atoms with van der Waals surface area (Å²) in [7, 11) is 1.80. The zero-order chi connectivity index (χ0) is 13.4. The van der Waals surface area contributed by atoms with Crippen molar-refractivity contribution in [2.75, 3.05) is 0 Å². The number of nitrogens with zero attached hydrogens (tertiary/aromatic N) is 1. The molecule has 2 aromatic rings. The van der Waals surface area contributed by atoms with Crippen LogP contribution in [0.5, 0.6) is 0 Å². The summed E-state index contributed by atoms with van der Waals surface area (Å²) in [6, 6.07) is 6.33. The smallest absolute Gasteiger partial charge is 0.253 e. The molecule has 1 aromatic carbocycles. The maximum absolute atomic E-state index is 11.7. The number of benzene rings is 1. The summed E-state index contributed by atoms with van der Waals surface area (Å²) in [5, 5.41) is 0. The van der Waals surface area contributed by atoms with E-state index < -0.39 is 0 Å². The molecule has 0 aliphatic carbocycles. The van der Waals surface area contributed by atoms with Gasteiger partial charge in [-0.25, -0.2) is 0 Å². The minimum Gasteiger partial charge on any atom is -0.318 e. The maximum Gasteiger partial charge on any atom is 0.253 e. The molecule has 18 heavy (non-hydrogen) atoms. The van der Waals surface area contributed by atoms with Crippen molar-refractivity contribution < 1.29 is 0 Å². The van der Waals surface area contributed by atoms with E-state index in [0.717, 1.165) is 11.1 Å². The van der Waals surface area contributed by atoms with Crippen molar-refractivity contribution in [3.63, 3.8) is 0 Å². The molecular weight excluding hydrogens is 222 g/mol. The largest absolute Gasteiger partial charge is 0.318 e. The van der Waals surface area contributed by atoms with Gasteiger partial charge in [0.2, 0.25) is 0 Å². The van der Waals surface area contributed by atoms with E-state index in [2.05, 4.69) is 32.9 Å². The number of aryl methyl sites for hydroxylation is 4. The Kier molecular flexibility index (Phi) is 3.12. The van der Waals surface area contributed by atoms with E-state index in [-0.39, 0.29) is 5.56 Å². The lowest BCUT2D eigenvalue weighted by atomic mass is 9.97. The second-order valence-corrected chi connectivity index (χ2v) is 5.06. The minimum absolute atomic E-state index is 0.0688. The fraction of sp³-hybridized carbons (Fsp3) is 0.312. The summed E-state index contributed by atoms with van der Waals surface area (Å²) in [5.41, 5.74) is 7.04. The van der Waals surface area contributed by atoms with Gasteiger partial charge in [0.15, 0.2) is 0 Å². The van der Waals surface area contributed by atoms with Crippen LogP contribution < -0.4 is 5.56 Å². The molecule has 1 aromatic heterocycles. The molecule has 0 unspecified atom stereocenters. The highest BCUT2D eigenvalue weighted by molar-refractivity contribution is 5.66. The molecule has 0 aliphatic heterocycles. The Morgan fingerprint density at radius 2 is 1.33 bits per heavy atom. The number of hydrogen-bond donors (Lipinski definition) is 0. The monoisotopic (exact) mass is 241 g/mol. The van der Waals surface area contributed by atoms with Gasteiger partial charge < -0.3 is 4.57 Å². The highest BCUT2D eigenvalue weighted by atomic mass is 16.1. The third-order valence-corrected chi connectivity index (χ3v) is 3.62. The van der Waals surface area contributed by atoms with Gasteiger partial charge in [-0.3, -0.25) is 4.79 Å². The Hall–Kier alpha value is -1.83. The Labute approximate surface area is 108 Å². The number of pyridine rings is 1. The molecule has 0 saturated carbocycles. The SMILES string of the molecule is Cc1cc(-c2cc(C)c(=O)n(C)c2)cc(C)c1C. The first kappa shape index (κ1) is 12.6. The van der Waals surface area contributed by atoms with Crippen LogP contribution in [0.15, 0.2) is 29.2 Å². The number of rotatable bonds is 1. The van der Waals surface area contributed by atoms with Crippen molar-refractivity contribution in [1.29, 1.82) is 0 Å². The van der Waals surface area contributed by atoms with Crippen LogP contribution in [0.1, 0.15) is 22.3 Å². The minimum atomic E-state index is 0.0688. The second kappa shape index (κ2) is 4.45. The van der Waals surface area contributed by atoms with Crippen LogP contribution in [-0.2, 0) is 7.05 Å². The molecule has 0 spiro atoms. The van der Waals surface area contributed by atoms with Gasteiger partial charge >= 0.3 is 0 Å². The molecule has 94 valence electrons. The summed E-state index contributed by atoms with van der Waals surface area (Å²) in [5.74, 6) is 0. The van der Waals surface area contributed by atoms with Gasteiger partial charge in [0.05, 0.1) is 0 Å². The predicted molar refractivity (Wildman–Crippen MR) is 76.1 cm³/mol. The predicted octanol–water partition coefficient (Wildman–Crippen LogP) is 3.29. The van der Waals surface area contributed by atoms with Crippen molar-refractivity contribution in [3.8, 4) is 11.1 Å². The van der Waals surface area contributed by atoms with E-state index in [0.29, 0.717) is 0 Å². The Morgan fingerprint density at radius 3 is 1.83 bits per heavy atom. The molecule has 0 saturated heterocycles. The Morgan fingerprint density at radius 1 is 0.833 bits per heavy atom. The van der Waals surface area contributed by atoms with Gasteiger partial charge in [0, 0.05) is 18.8 Å². The van der Waals surface area contributed by atoms with Crippen molar-refractivity contribution in [3.05, 3.63) is 57.0 Å². The normalized spacial score (nSPS) is 10.7. The standard InChI is InChI=1S/C16H19NO/c1-10-6-14(7-11(2)13(10)4)15-8-12(3)16(18)17(5)9-15/h6-9H,1-5H3. The maximum atomic E-state index is 11.7. The van der Waals surface area contributed by atoms with E-state index >= 15 is 0 Å². The van der Waals surface area contributed by atoms with E-state index in [4.69, 9.17) is 0 Å². The zero-order valence-corrected chi connectivity index (χ0v) is 11.7. The van der Waals surface area contributed by atoms with E-state index in [1.165, 1.54) is 22.3 Å². The van der Waals surface area contributed by atoms with E-state index in [1.807, 2.05) is 19.2 Å². The van der Waals surface area contributed by atoms with E-state index in [9.17, 15) is 4.79 Å². The van der Waals surface area contributed by atoms with Crippen LogP contribution in [0.4, 0.5) is 0 Å². The van der Waals surface area contributed by atoms with Crippen molar-refractivity contribution in [2.24, 2.45) is 7.05 Å². The molecule has 2 nitrogen and oxygen atoms in total. The average Bonchev–Trinajstić information content (AvgIpc) is 2.31. The van der Waals surface area contributed by atoms with Gasteiger partial charge in [-0.05, 0) is 61.6 Å². The van der Waals surface area contributed by atoms with Gasteiger partial charge in [-0.1, -0.05) is 12.1 Å². The van der Waals surface area contributed by atoms with Crippen molar-refractivity contribution in [1.82, 2.24) is 4.57 Å². The number of hydrogen-bond acceptors (Lipinski definition) is 1. The highest BCUT2D eigenvalue weighted by Gasteiger charge is 2.06. The molecule has 0 fully saturated rings. The molecule has 0 radical (unpaired) electrons. The fourth-order valence-electron chi connectivity index (χ4n) is 2.24. The lowest BCUT2D eigenvalue weighted by Crippen LogP contribution is -2.18. The highest BCUT2D eigenvalue weighted by Crippen LogP contribution is 2.24. The van der Waals surface area contributed by atoms with Gasteiger partial charge in [0.1, 0.15) is 0 Å². The Balaban J connectivity index is 2.66. The molecule has 0 amide bonds. The Bertz CT molecular complexity index is 616. The van der Waals surface area contributed by atoms with Gasteiger partial charge in [-0.15, -0.1) is 0 Å². The molecule has 0 aliphatic rings. The average molecular weight is 241 g/mol. The summed E-state index contributed by atoms with van der Waals surface area (Å²) in [6.45, 7) is 8.25. The summed E-state index contributed by atoms with van der Waals surface area (Å²) >= 11 is 0. The summed E-state index contributed by atoms with van der Waals surface area (Å²) in [6.07, 6.45) is 1.90. The van der Waals surface area contributed by atoms with Crippen LogP contribution >= 0.6 is 0 Å².